The second-order valence-electron chi connectivity index (χ2n) is 18.4. The molecule has 0 radical (unpaired) electrons. The van der Waals surface area contributed by atoms with Crippen molar-refractivity contribution < 1.29 is 87.9 Å². The number of carboxylic acids is 3. The molecule has 28 nitrogen and oxygen atoms in total. The van der Waals surface area contributed by atoms with E-state index in [-0.39, 0.29) is 31.1 Å². The lowest BCUT2D eigenvalue weighted by molar-refractivity contribution is -0.142. The van der Waals surface area contributed by atoms with Crippen LogP contribution in [0.25, 0.3) is 0 Å². The first-order valence-corrected chi connectivity index (χ1v) is 24.0. The fourth-order valence-electron chi connectivity index (χ4n) is 7.12. The number of hydrogen-bond donors (Lipinski definition) is 15. The van der Waals surface area contributed by atoms with Gasteiger partial charge >= 0.3 is 17.9 Å². The number of carbonyl (C=O) groups is 13. The van der Waals surface area contributed by atoms with E-state index in [0.717, 1.165) is 13.8 Å². The third-order valence-electron chi connectivity index (χ3n) is 10.8. The van der Waals surface area contributed by atoms with E-state index in [1.54, 1.807) is 58.0 Å². The van der Waals surface area contributed by atoms with Crippen LogP contribution in [0.4, 0.5) is 0 Å². The van der Waals surface area contributed by atoms with Crippen molar-refractivity contribution in [2.45, 2.75) is 154 Å². The molecular formula is C47H72N10O18. The number of nitrogens with two attached hydrogens (primary N) is 1. The number of amides is 10. The number of aliphatic carboxylic acids is 3. The van der Waals surface area contributed by atoms with Crippen LogP contribution in [0.1, 0.15) is 98.5 Å². The Labute approximate surface area is 432 Å². The topological polar surface area (TPSA) is 457 Å². The number of aliphatic hydroxyl groups excluding tert-OH is 2. The zero-order valence-corrected chi connectivity index (χ0v) is 42.6. The summed E-state index contributed by atoms with van der Waals surface area (Å²) in [7, 11) is 0. The third kappa shape index (κ3) is 26.2. The number of rotatable bonds is 35. The molecule has 1 aromatic rings. The van der Waals surface area contributed by atoms with Crippen LogP contribution in [-0.2, 0) is 68.7 Å². The monoisotopic (exact) mass is 1060 g/mol. The lowest BCUT2D eigenvalue weighted by Crippen LogP contribution is -2.61. The molecule has 418 valence electrons. The Morgan fingerprint density at radius 2 is 0.933 bits per heavy atom. The van der Waals surface area contributed by atoms with Gasteiger partial charge in [0.05, 0.1) is 19.1 Å². The fraction of sp³-hybridized carbons (Fsp3) is 0.596. The maximum absolute atomic E-state index is 13.7. The molecule has 0 aliphatic rings. The standard InChI is InChI=1S/C47H72N10O18/c1-23(2)18-31(40(48)68)54-45(73)33(20-27-10-8-7-9-11-27)55-42(70)30(16-17-58)51-35(61)22-49-47(75)39(25(5)59)57-43(71)29(13-15-37(64)65)52-41(69)28(12-14-36(62)63)53-46(74)34(21-38(66)67)56-44(72)32(19-24(3)4)50-26(6)60/h7-11,23-25,28-34,39,58-59H,12-22H2,1-6H3,(H2,48,68)(H,49,75)(H,50,60)(H,51,61)(H,52,69)(H,53,74)(H,54,73)(H,55,70)(H,56,72)(H,57,71)(H,62,63)(H,64,65)(H,66,67)/t25-,28+,29+,30+,31+,32+,33+,34+,39+/m1/s1. The molecule has 0 heterocycles. The molecule has 0 bridgehead atoms. The van der Waals surface area contributed by atoms with Gasteiger partial charge in [0, 0.05) is 32.8 Å². The lowest BCUT2D eigenvalue weighted by atomic mass is 10.0. The van der Waals surface area contributed by atoms with Crippen molar-refractivity contribution in [3.8, 4) is 0 Å². The van der Waals surface area contributed by atoms with E-state index < -0.39 is 183 Å². The molecule has 0 unspecified atom stereocenters. The van der Waals surface area contributed by atoms with Crippen LogP contribution in [0.15, 0.2) is 30.3 Å². The summed E-state index contributed by atoms with van der Waals surface area (Å²) in [5.74, 6) is -15.1. The van der Waals surface area contributed by atoms with Gasteiger partial charge in [-0.1, -0.05) is 58.0 Å². The molecule has 1 aromatic carbocycles. The van der Waals surface area contributed by atoms with E-state index in [0.29, 0.717) is 5.56 Å². The molecule has 9 atom stereocenters. The highest BCUT2D eigenvalue weighted by Gasteiger charge is 2.36. The summed E-state index contributed by atoms with van der Waals surface area (Å²) < 4.78 is 0. The highest BCUT2D eigenvalue weighted by Crippen LogP contribution is 2.11. The Hall–Kier alpha value is -7.75. The SMILES string of the molecule is CC(=O)N[C@@H](CC(C)C)C(=O)N[C@@H](CC(=O)O)C(=O)N[C@@H](CCC(=O)O)C(=O)N[C@@H](CCC(=O)O)C(=O)N[C@H](C(=O)NCC(=O)N[C@@H](CCO)C(=O)N[C@@H](Cc1ccccc1)C(=O)N[C@@H](CC(C)C)C(N)=O)[C@@H](C)O. The predicted octanol–water partition coefficient (Wildman–Crippen LogP) is -4.21. The van der Waals surface area contributed by atoms with E-state index >= 15 is 0 Å². The Balaban J connectivity index is 3.31. The number of carbonyl (C=O) groups excluding carboxylic acids is 10. The summed E-state index contributed by atoms with van der Waals surface area (Å²) in [4.78, 5) is 166. The number of hydrogen-bond acceptors (Lipinski definition) is 15. The van der Waals surface area contributed by atoms with Crippen molar-refractivity contribution >= 4 is 77.0 Å². The summed E-state index contributed by atoms with van der Waals surface area (Å²) in [6.45, 7) is 7.63. The molecule has 75 heavy (non-hydrogen) atoms. The van der Waals surface area contributed by atoms with Crippen molar-refractivity contribution in [1.29, 1.82) is 0 Å². The van der Waals surface area contributed by atoms with E-state index in [1.807, 2.05) is 0 Å². The second-order valence-corrected chi connectivity index (χ2v) is 18.4. The van der Waals surface area contributed by atoms with Crippen LogP contribution in [0.2, 0.25) is 0 Å². The van der Waals surface area contributed by atoms with Crippen molar-refractivity contribution in [2.24, 2.45) is 17.6 Å². The van der Waals surface area contributed by atoms with E-state index in [2.05, 4.69) is 47.9 Å². The summed E-state index contributed by atoms with van der Waals surface area (Å²) in [6, 6.07) is -4.28. The van der Waals surface area contributed by atoms with E-state index in [1.165, 1.54) is 0 Å². The van der Waals surface area contributed by atoms with Crippen molar-refractivity contribution in [1.82, 2.24) is 47.9 Å². The largest absolute Gasteiger partial charge is 0.481 e. The minimum atomic E-state index is -1.93. The molecule has 1 rings (SSSR count). The van der Waals surface area contributed by atoms with Gasteiger partial charge in [-0.3, -0.25) is 62.3 Å². The smallest absolute Gasteiger partial charge is 0.305 e. The van der Waals surface area contributed by atoms with Crippen molar-refractivity contribution in [3.63, 3.8) is 0 Å². The molecule has 0 saturated heterocycles. The van der Waals surface area contributed by atoms with Gasteiger partial charge in [-0.15, -0.1) is 0 Å². The predicted molar refractivity (Wildman–Crippen MR) is 262 cm³/mol. The van der Waals surface area contributed by atoms with Crippen LogP contribution in [0.3, 0.4) is 0 Å². The van der Waals surface area contributed by atoms with Crippen LogP contribution < -0.4 is 53.6 Å². The molecule has 0 aliphatic carbocycles. The maximum atomic E-state index is 13.7. The quantitative estimate of drug-likeness (QED) is 0.0306. The highest BCUT2D eigenvalue weighted by molar-refractivity contribution is 5.99. The van der Waals surface area contributed by atoms with Gasteiger partial charge in [0.25, 0.3) is 0 Å². The number of primary amides is 1. The maximum Gasteiger partial charge on any atom is 0.305 e. The summed E-state index contributed by atoms with van der Waals surface area (Å²) in [6.07, 6.45) is -6.02. The second kappa shape index (κ2) is 33.1. The number of nitrogens with one attached hydrogen (secondary N) is 9. The molecule has 0 aliphatic heterocycles. The number of carboxylic acid groups (broad SMARTS) is 3. The van der Waals surface area contributed by atoms with Crippen LogP contribution in [0, 0.1) is 11.8 Å². The average molecular weight is 1070 g/mol. The van der Waals surface area contributed by atoms with E-state index in [9.17, 15) is 87.9 Å². The minimum Gasteiger partial charge on any atom is -0.481 e. The van der Waals surface area contributed by atoms with Crippen LogP contribution in [-0.4, -0.2) is 170 Å². The fourth-order valence-corrected chi connectivity index (χ4v) is 7.12. The van der Waals surface area contributed by atoms with Gasteiger partial charge in [-0.25, -0.2) is 0 Å². The van der Waals surface area contributed by atoms with Crippen LogP contribution in [0.5, 0.6) is 0 Å². The normalized spacial score (nSPS) is 14.6. The van der Waals surface area contributed by atoms with Crippen molar-refractivity contribution in [3.05, 3.63) is 35.9 Å². The number of benzene rings is 1. The lowest BCUT2D eigenvalue weighted by Gasteiger charge is -2.27. The van der Waals surface area contributed by atoms with Gasteiger partial charge in [0.1, 0.15) is 48.3 Å². The first-order chi connectivity index (χ1) is 35.0. The molecule has 10 amide bonds. The Morgan fingerprint density at radius 1 is 0.507 bits per heavy atom. The molecule has 0 aromatic heterocycles. The molecule has 28 heteroatoms. The molecule has 16 N–H and O–H groups in total. The average Bonchev–Trinajstić information content (AvgIpc) is 3.30. The molecule has 0 saturated carbocycles. The first kappa shape index (κ1) is 65.3. The summed E-state index contributed by atoms with van der Waals surface area (Å²) in [5, 5.41) is 69.2. The van der Waals surface area contributed by atoms with Gasteiger partial charge < -0.3 is 79.1 Å². The third-order valence-corrected chi connectivity index (χ3v) is 10.8. The van der Waals surface area contributed by atoms with Crippen LogP contribution >= 0.6 is 0 Å². The highest BCUT2D eigenvalue weighted by atomic mass is 16.4. The summed E-state index contributed by atoms with van der Waals surface area (Å²) in [5.41, 5.74) is 6.11. The van der Waals surface area contributed by atoms with Gasteiger partial charge in [0.2, 0.25) is 59.1 Å². The van der Waals surface area contributed by atoms with E-state index in [4.69, 9.17) is 5.73 Å². The minimum absolute atomic E-state index is 0.0544. The van der Waals surface area contributed by atoms with Gasteiger partial charge in [-0.2, -0.15) is 0 Å². The van der Waals surface area contributed by atoms with Gasteiger partial charge in [-0.05, 0) is 56.4 Å². The first-order valence-electron chi connectivity index (χ1n) is 24.0. The molecule has 0 fully saturated rings. The molecule has 0 spiro atoms. The Bertz CT molecular complexity index is 2180. The zero-order valence-electron chi connectivity index (χ0n) is 42.6. The summed E-state index contributed by atoms with van der Waals surface area (Å²) >= 11 is 0. The van der Waals surface area contributed by atoms with Crippen molar-refractivity contribution in [2.75, 3.05) is 13.2 Å². The van der Waals surface area contributed by atoms with Gasteiger partial charge in [0.15, 0.2) is 0 Å². The number of aliphatic hydroxyl groups is 2. The Kier molecular flexibility index (Phi) is 28.8. The zero-order chi connectivity index (χ0) is 57.1. The molecular weight excluding hydrogens is 993 g/mol. The Morgan fingerprint density at radius 3 is 1.39 bits per heavy atom.